The minimum atomic E-state index is -0.642. The first-order chi connectivity index (χ1) is 7.51. The second-order valence-corrected chi connectivity index (χ2v) is 3.36. The summed E-state index contributed by atoms with van der Waals surface area (Å²) in [6.07, 6.45) is 0. The van der Waals surface area contributed by atoms with Crippen molar-refractivity contribution in [3.8, 4) is 0 Å². The van der Waals surface area contributed by atoms with Crippen LogP contribution in [0.15, 0.2) is 12.1 Å². The molecular weight excluding hydrogens is 212 g/mol. The molecule has 0 aliphatic heterocycles. The minimum Gasteiger partial charge on any atom is -0.288 e. The van der Waals surface area contributed by atoms with E-state index in [1.54, 1.807) is 13.8 Å². The number of hydroxylamine groups is 2. The van der Waals surface area contributed by atoms with Crippen molar-refractivity contribution in [2.75, 3.05) is 0 Å². The SMILES string of the molecule is Cc1cc(C(=O)NO)c(C)cc1C(=O)NO. The lowest BCUT2D eigenvalue weighted by Crippen LogP contribution is -2.23. The summed E-state index contributed by atoms with van der Waals surface area (Å²) < 4.78 is 0. The van der Waals surface area contributed by atoms with Crippen molar-refractivity contribution in [2.24, 2.45) is 0 Å². The van der Waals surface area contributed by atoms with E-state index in [-0.39, 0.29) is 11.1 Å². The Kier molecular flexibility index (Phi) is 3.60. The van der Waals surface area contributed by atoms with Crippen LogP contribution in [0.25, 0.3) is 0 Å². The summed E-state index contributed by atoms with van der Waals surface area (Å²) in [6, 6.07) is 2.93. The molecule has 1 rings (SSSR count). The Morgan fingerprint density at radius 3 is 1.50 bits per heavy atom. The van der Waals surface area contributed by atoms with Crippen LogP contribution in [0, 0.1) is 13.8 Å². The third-order valence-corrected chi connectivity index (χ3v) is 2.26. The number of carbonyl (C=O) groups is 2. The molecule has 0 aromatic heterocycles. The van der Waals surface area contributed by atoms with Crippen molar-refractivity contribution in [2.45, 2.75) is 13.8 Å². The van der Waals surface area contributed by atoms with Crippen LogP contribution in [0.3, 0.4) is 0 Å². The van der Waals surface area contributed by atoms with Gasteiger partial charge in [0, 0.05) is 11.1 Å². The highest BCUT2D eigenvalue weighted by molar-refractivity contribution is 5.99. The van der Waals surface area contributed by atoms with Gasteiger partial charge in [-0.05, 0) is 37.1 Å². The topological polar surface area (TPSA) is 98.7 Å². The van der Waals surface area contributed by atoms with Crippen molar-refractivity contribution in [1.82, 2.24) is 11.0 Å². The Morgan fingerprint density at radius 2 is 1.25 bits per heavy atom. The Morgan fingerprint density at radius 1 is 0.938 bits per heavy atom. The molecule has 0 radical (unpaired) electrons. The Balaban J connectivity index is 3.27. The molecule has 0 unspecified atom stereocenters. The molecule has 1 aromatic carbocycles. The highest BCUT2D eigenvalue weighted by atomic mass is 16.5. The second kappa shape index (κ2) is 4.73. The molecule has 2 amide bonds. The molecule has 0 saturated carbocycles. The lowest BCUT2D eigenvalue weighted by atomic mass is 9.99. The van der Waals surface area contributed by atoms with Gasteiger partial charge >= 0.3 is 0 Å². The van der Waals surface area contributed by atoms with Crippen molar-refractivity contribution < 1.29 is 20.0 Å². The molecule has 0 heterocycles. The average molecular weight is 224 g/mol. The summed E-state index contributed by atoms with van der Waals surface area (Å²) in [4.78, 5) is 22.5. The van der Waals surface area contributed by atoms with Gasteiger partial charge < -0.3 is 0 Å². The monoisotopic (exact) mass is 224 g/mol. The van der Waals surface area contributed by atoms with Crippen molar-refractivity contribution in [1.29, 1.82) is 0 Å². The summed E-state index contributed by atoms with van der Waals surface area (Å²) in [5.41, 5.74) is 4.64. The number of carbonyl (C=O) groups excluding carboxylic acids is 2. The molecule has 86 valence electrons. The van der Waals surface area contributed by atoms with Gasteiger partial charge in [-0.3, -0.25) is 20.0 Å². The fourth-order valence-corrected chi connectivity index (χ4v) is 1.43. The van der Waals surface area contributed by atoms with Crippen LogP contribution in [0.5, 0.6) is 0 Å². The number of rotatable bonds is 2. The minimum absolute atomic E-state index is 0.273. The van der Waals surface area contributed by atoms with Crippen LogP contribution in [0.2, 0.25) is 0 Å². The third-order valence-electron chi connectivity index (χ3n) is 2.26. The first kappa shape index (κ1) is 12.2. The molecule has 6 nitrogen and oxygen atoms in total. The average Bonchev–Trinajstić information content (AvgIpc) is 2.29. The van der Waals surface area contributed by atoms with Gasteiger partial charge in [0.25, 0.3) is 11.8 Å². The highest BCUT2D eigenvalue weighted by Crippen LogP contribution is 2.16. The summed E-state index contributed by atoms with van der Waals surface area (Å²) in [6.45, 7) is 3.25. The summed E-state index contributed by atoms with van der Waals surface area (Å²) >= 11 is 0. The van der Waals surface area contributed by atoms with Crippen molar-refractivity contribution >= 4 is 11.8 Å². The summed E-state index contributed by atoms with van der Waals surface area (Å²) in [5.74, 6) is -1.28. The van der Waals surface area contributed by atoms with E-state index < -0.39 is 11.8 Å². The van der Waals surface area contributed by atoms with Crippen molar-refractivity contribution in [3.63, 3.8) is 0 Å². The maximum absolute atomic E-state index is 11.2. The molecule has 4 N–H and O–H groups in total. The lowest BCUT2D eigenvalue weighted by Gasteiger charge is -2.09. The summed E-state index contributed by atoms with van der Waals surface area (Å²) in [7, 11) is 0. The maximum atomic E-state index is 11.2. The smallest absolute Gasteiger partial charge is 0.274 e. The van der Waals surface area contributed by atoms with E-state index >= 15 is 0 Å². The first-order valence-corrected chi connectivity index (χ1v) is 4.51. The van der Waals surface area contributed by atoms with Gasteiger partial charge in [-0.1, -0.05) is 0 Å². The van der Waals surface area contributed by atoms with E-state index in [0.717, 1.165) is 0 Å². The molecule has 0 aliphatic rings. The number of aryl methyl sites for hydroxylation is 2. The number of amides is 2. The molecule has 6 heteroatoms. The van der Waals surface area contributed by atoms with Crippen LogP contribution in [0.1, 0.15) is 31.8 Å². The largest absolute Gasteiger partial charge is 0.288 e. The van der Waals surface area contributed by atoms with Gasteiger partial charge in [-0.15, -0.1) is 0 Å². The Bertz CT molecular complexity index is 401. The quantitative estimate of drug-likeness (QED) is 0.435. The van der Waals surface area contributed by atoms with E-state index in [4.69, 9.17) is 10.4 Å². The van der Waals surface area contributed by atoms with Crippen LogP contribution in [-0.2, 0) is 0 Å². The van der Waals surface area contributed by atoms with Crippen LogP contribution >= 0.6 is 0 Å². The van der Waals surface area contributed by atoms with E-state index in [1.807, 2.05) is 0 Å². The van der Waals surface area contributed by atoms with Gasteiger partial charge in [-0.2, -0.15) is 0 Å². The number of nitrogens with one attached hydrogen (secondary N) is 2. The normalized spacial score (nSPS) is 9.75. The standard InChI is InChI=1S/C10H12N2O4/c1-5-3-8(10(14)12-16)6(2)4-7(5)9(13)11-15/h3-4,15-16H,1-2H3,(H,11,13)(H,12,14). The molecule has 1 aromatic rings. The van der Waals surface area contributed by atoms with Crippen LogP contribution in [-0.4, -0.2) is 22.2 Å². The maximum Gasteiger partial charge on any atom is 0.274 e. The predicted octanol–water partition coefficient (Wildman–Crippen LogP) is 0.541. The van der Waals surface area contributed by atoms with Gasteiger partial charge in [0.05, 0.1) is 0 Å². The molecule has 0 spiro atoms. The van der Waals surface area contributed by atoms with Crippen LogP contribution in [0.4, 0.5) is 0 Å². The molecule has 0 fully saturated rings. The van der Waals surface area contributed by atoms with Gasteiger partial charge in [0.2, 0.25) is 0 Å². The van der Waals surface area contributed by atoms with E-state index in [9.17, 15) is 9.59 Å². The Hall–Kier alpha value is -1.92. The number of hydrogen-bond donors (Lipinski definition) is 4. The first-order valence-electron chi connectivity index (χ1n) is 4.51. The number of hydrogen-bond acceptors (Lipinski definition) is 4. The van der Waals surface area contributed by atoms with E-state index in [0.29, 0.717) is 11.1 Å². The fourth-order valence-electron chi connectivity index (χ4n) is 1.43. The summed E-state index contributed by atoms with van der Waals surface area (Å²) in [5, 5.41) is 17.0. The van der Waals surface area contributed by atoms with E-state index in [1.165, 1.54) is 23.1 Å². The zero-order valence-corrected chi connectivity index (χ0v) is 8.87. The van der Waals surface area contributed by atoms with Gasteiger partial charge in [-0.25, -0.2) is 11.0 Å². The third kappa shape index (κ3) is 2.18. The van der Waals surface area contributed by atoms with Gasteiger partial charge in [0.1, 0.15) is 0 Å². The zero-order chi connectivity index (χ0) is 12.3. The Labute approximate surface area is 91.8 Å². The molecule has 0 aliphatic carbocycles. The van der Waals surface area contributed by atoms with Crippen molar-refractivity contribution in [3.05, 3.63) is 34.4 Å². The van der Waals surface area contributed by atoms with Gasteiger partial charge in [0.15, 0.2) is 0 Å². The molecule has 0 atom stereocenters. The predicted molar refractivity (Wildman–Crippen MR) is 54.4 cm³/mol. The van der Waals surface area contributed by atoms with E-state index in [2.05, 4.69) is 0 Å². The number of benzene rings is 1. The molecular formula is C10H12N2O4. The fraction of sp³-hybridized carbons (Fsp3) is 0.200. The molecule has 0 saturated heterocycles. The molecule has 16 heavy (non-hydrogen) atoms. The lowest BCUT2D eigenvalue weighted by molar-refractivity contribution is 0.0696. The second-order valence-electron chi connectivity index (χ2n) is 3.36. The zero-order valence-electron chi connectivity index (χ0n) is 8.87. The molecule has 0 bridgehead atoms. The van der Waals surface area contributed by atoms with Crippen LogP contribution < -0.4 is 11.0 Å². The highest BCUT2D eigenvalue weighted by Gasteiger charge is 2.14.